The molecule has 14 heteroatoms. The predicted molar refractivity (Wildman–Crippen MR) is 124 cm³/mol. The minimum absolute atomic E-state index is 0.123. The van der Waals surface area contributed by atoms with Gasteiger partial charge in [-0.1, -0.05) is 6.58 Å². The van der Waals surface area contributed by atoms with Crippen LogP contribution in [-0.2, 0) is 23.9 Å². The lowest BCUT2D eigenvalue weighted by molar-refractivity contribution is -0.140. The Morgan fingerprint density at radius 2 is 1.11 bits per heavy atom. The van der Waals surface area contributed by atoms with Gasteiger partial charge < -0.3 is 35.4 Å². The Hall–Kier alpha value is -2.78. The van der Waals surface area contributed by atoms with Crippen molar-refractivity contribution in [3.63, 3.8) is 0 Å². The summed E-state index contributed by atoms with van der Waals surface area (Å²) in [5, 5.41) is 39.1. The summed E-state index contributed by atoms with van der Waals surface area (Å²) in [7, 11) is 0. The molecule has 1 saturated heterocycles. The van der Waals surface area contributed by atoms with Gasteiger partial charge in [0.15, 0.2) is 0 Å². The van der Waals surface area contributed by atoms with Crippen molar-refractivity contribution < 1.29 is 44.3 Å². The van der Waals surface area contributed by atoms with Gasteiger partial charge in [-0.05, 0) is 0 Å². The van der Waals surface area contributed by atoms with Gasteiger partial charge in [-0.2, -0.15) is 0 Å². The number of hydrogen-bond acceptors (Lipinski definition) is 10. The van der Waals surface area contributed by atoms with Gasteiger partial charge in [-0.3, -0.25) is 33.9 Å². The summed E-state index contributed by atoms with van der Waals surface area (Å²) in [4.78, 5) is 53.1. The molecule has 1 amide bonds. The number of aliphatic carboxylic acids is 3. The van der Waals surface area contributed by atoms with Gasteiger partial charge in [0.2, 0.25) is 0 Å². The first kappa shape index (κ1) is 30.3. The zero-order valence-electron chi connectivity index (χ0n) is 19.9. The summed E-state index contributed by atoms with van der Waals surface area (Å²) in [5.41, 5.74) is 0.155. The molecule has 1 heterocycles. The molecule has 200 valence electrons. The fourth-order valence-electron chi connectivity index (χ4n) is 3.50. The maximum atomic E-state index is 12.6. The van der Waals surface area contributed by atoms with Crippen LogP contribution in [0.4, 0.5) is 0 Å². The van der Waals surface area contributed by atoms with Crippen LogP contribution < -0.4 is 5.32 Å². The van der Waals surface area contributed by atoms with Gasteiger partial charge in [0.1, 0.15) is 0 Å². The molecule has 0 aromatic heterocycles. The summed E-state index contributed by atoms with van der Waals surface area (Å²) >= 11 is 0. The van der Waals surface area contributed by atoms with Crippen molar-refractivity contribution in [2.75, 3.05) is 98.4 Å². The van der Waals surface area contributed by atoms with Crippen molar-refractivity contribution in [2.45, 2.75) is 0 Å². The van der Waals surface area contributed by atoms with E-state index >= 15 is 0 Å². The van der Waals surface area contributed by atoms with Crippen LogP contribution in [0.2, 0.25) is 0 Å². The Balaban J connectivity index is 2.94. The van der Waals surface area contributed by atoms with Gasteiger partial charge >= 0.3 is 17.9 Å². The van der Waals surface area contributed by atoms with Crippen molar-refractivity contribution >= 4 is 23.8 Å². The van der Waals surface area contributed by atoms with Crippen LogP contribution in [0, 0.1) is 0 Å². The number of ether oxygens (including phenoxy) is 1. The van der Waals surface area contributed by atoms with Crippen molar-refractivity contribution in [3.05, 3.63) is 12.3 Å². The van der Waals surface area contributed by atoms with E-state index in [1.54, 1.807) is 19.6 Å². The molecule has 0 unspecified atom stereocenters. The van der Waals surface area contributed by atoms with Gasteiger partial charge in [0.25, 0.3) is 5.91 Å². The van der Waals surface area contributed by atoms with Crippen molar-refractivity contribution in [1.82, 2.24) is 24.9 Å². The average Bonchev–Trinajstić information content (AvgIpc) is 2.77. The zero-order valence-corrected chi connectivity index (χ0v) is 19.9. The first-order valence-corrected chi connectivity index (χ1v) is 11.4. The van der Waals surface area contributed by atoms with E-state index in [0.717, 1.165) is 0 Å². The smallest absolute Gasteiger partial charge is 0.317 e. The van der Waals surface area contributed by atoms with E-state index in [4.69, 9.17) is 9.84 Å². The number of carbonyl (C=O) groups is 4. The second-order valence-corrected chi connectivity index (χ2v) is 8.04. The van der Waals surface area contributed by atoms with E-state index in [1.165, 1.54) is 0 Å². The Kier molecular flexibility index (Phi) is 14.5. The van der Waals surface area contributed by atoms with Crippen LogP contribution >= 0.6 is 0 Å². The molecule has 0 aliphatic carbocycles. The summed E-state index contributed by atoms with van der Waals surface area (Å²) in [6.07, 6.45) is 0. The molecule has 1 aliphatic heterocycles. The SMILES string of the molecule is C=C(C(=O)NCCOCCO)N1CCN(CC(=O)O)CCN(CC(=O)O)CCN(CC(=O)O)CC1. The van der Waals surface area contributed by atoms with E-state index in [-0.39, 0.29) is 104 Å². The van der Waals surface area contributed by atoms with Gasteiger partial charge in [0, 0.05) is 58.9 Å². The predicted octanol–water partition coefficient (Wildman–Crippen LogP) is -2.90. The highest BCUT2D eigenvalue weighted by Gasteiger charge is 2.22. The fourth-order valence-corrected chi connectivity index (χ4v) is 3.50. The van der Waals surface area contributed by atoms with Gasteiger partial charge in [-0.25, -0.2) is 0 Å². The topological polar surface area (TPSA) is 183 Å². The summed E-state index contributed by atoms with van der Waals surface area (Å²) in [6, 6.07) is 0. The average molecular weight is 504 g/mol. The molecule has 0 spiro atoms. The van der Waals surface area contributed by atoms with Crippen LogP contribution in [-0.4, -0.2) is 162 Å². The number of amides is 1. The Bertz CT molecular complexity index is 689. The first-order valence-electron chi connectivity index (χ1n) is 11.4. The van der Waals surface area contributed by atoms with Crippen LogP contribution in [0.5, 0.6) is 0 Å². The molecule has 5 N–H and O–H groups in total. The van der Waals surface area contributed by atoms with Crippen molar-refractivity contribution in [3.8, 4) is 0 Å². The van der Waals surface area contributed by atoms with Gasteiger partial charge in [-0.15, -0.1) is 0 Å². The maximum absolute atomic E-state index is 12.6. The molecule has 0 radical (unpaired) electrons. The van der Waals surface area contributed by atoms with E-state index in [9.17, 15) is 34.5 Å². The molecule has 1 rings (SSSR count). The lowest BCUT2D eigenvalue weighted by Crippen LogP contribution is -2.49. The molecule has 0 aromatic carbocycles. The second-order valence-electron chi connectivity index (χ2n) is 8.04. The number of aliphatic hydroxyl groups is 1. The molecule has 0 saturated carbocycles. The number of hydrogen-bond donors (Lipinski definition) is 5. The van der Waals surface area contributed by atoms with Crippen molar-refractivity contribution in [1.29, 1.82) is 0 Å². The monoisotopic (exact) mass is 503 g/mol. The number of carboxylic acids is 3. The molecule has 1 aliphatic rings. The summed E-state index contributed by atoms with van der Waals surface area (Å²) in [5.74, 6) is -3.52. The first-order chi connectivity index (χ1) is 16.6. The van der Waals surface area contributed by atoms with Crippen LogP contribution in [0.25, 0.3) is 0 Å². The summed E-state index contributed by atoms with van der Waals surface area (Å²) in [6.45, 7) is 5.81. The number of aliphatic hydroxyl groups excluding tert-OH is 1. The molecule has 14 nitrogen and oxygen atoms in total. The third kappa shape index (κ3) is 13.6. The molecule has 0 aromatic rings. The fraction of sp³-hybridized carbons (Fsp3) is 0.714. The standard InChI is InChI=1S/C21H37N5O9/c1-17(21(34)22-2-12-35-13-11-27)26-9-7-24(15-19(30)31)5-3-23(14-18(28)29)4-6-25(8-10-26)16-20(32)33/h27H,1-16H2,(H,22,34)(H,28,29)(H,30,31)(H,32,33). The Morgan fingerprint density at radius 3 is 1.49 bits per heavy atom. The lowest BCUT2D eigenvalue weighted by atomic mass is 10.3. The van der Waals surface area contributed by atoms with Crippen LogP contribution in [0.15, 0.2) is 12.3 Å². The maximum Gasteiger partial charge on any atom is 0.317 e. The molecular formula is C21H37N5O9. The lowest BCUT2D eigenvalue weighted by Gasteiger charge is -2.34. The van der Waals surface area contributed by atoms with Crippen LogP contribution in [0.3, 0.4) is 0 Å². The Labute approximate surface area is 204 Å². The molecule has 0 atom stereocenters. The summed E-state index contributed by atoms with van der Waals surface area (Å²) < 4.78 is 5.11. The highest BCUT2D eigenvalue weighted by atomic mass is 16.5. The van der Waals surface area contributed by atoms with Crippen molar-refractivity contribution in [2.24, 2.45) is 0 Å². The zero-order chi connectivity index (χ0) is 26.2. The number of rotatable bonds is 13. The largest absolute Gasteiger partial charge is 0.480 e. The van der Waals surface area contributed by atoms with Crippen LogP contribution in [0.1, 0.15) is 0 Å². The Morgan fingerprint density at radius 1 is 0.714 bits per heavy atom. The van der Waals surface area contributed by atoms with E-state index < -0.39 is 23.8 Å². The quantitative estimate of drug-likeness (QED) is 0.128. The molecular weight excluding hydrogens is 466 g/mol. The third-order valence-electron chi connectivity index (χ3n) is 5.33. The molecule has 0 bridgehead atoms. The molecule has 1 fully saturated rings. The normalized spacial score (nSPS) is 17.2. The number of carboxylic acid groups (broad SMARTS) is 3. The van der Waals surface area contributed by atoms with Gasteiger partial charge in [0.05, 0.1) is 45.2 Å². The second kappa shape index (κ2) is 16.8. The van der Waals surface area contributed by atoms with E-state index in [0.29, 0.717) is 0 Å². The van der Waals surface area contributed by atoms with E-state index in [1.807, 2.05) is 0 Å². The highest BCUT2D eigenvalue weighted by molar-refractivity contribution is 5.92. The highest BCUT2D eigenvalue weighted by Crippen LogP contribution is 2.06. The van der Waals surface area contributed by atoms with E-state index in [2.05, 4.69) is 11.9 Å². The number of carbonyl (C=O) groups excluding carboxylic acids is 1. The number of nitrogens with one attached hydrogen (secondary N) is 1. The number of nitrogens with zero attached hydrogens (tertiary/aromatic N) is 4. The molecule has 35 heavy (non-hydrogen) atoms. The minimum Gasteiger partial charge on any atom is -0.480 e. The third-order valence-corrected chi connectivity index (χ3v) is 5.33. The minimum atomic E-state index is -1.03.